The van der Waals surface area contributed by atoms with E-state index in [9.17, 15) is 35.1 Å². The fourth-order valence-electron chi connectivity index (χ4n) is 1.72. The molecule has 0 aliphatic heterocycles. The van der Waals surface area contributed by atoms with E-state index in [1.807, 2.05) is 18.7 Å². The molecule has 1 N–H and O–H groups in total. The Morgan fingerprint density at radius 3 is 1.52 bits per heavy atom. The van der Waals surface area contributed by atoms with Crippen LogP contribution in [-0.2, 0) is 14.1 Å². The van der Waals surface area contributed by atoms with Gasteiger partial charge in [0.1, 0.15) is 0 Å². The summed E-state index contributed by atoms with van der Waals surface area (Å²) in [6, 6.07) is 2.50. The number of nitrogens with zero attached hydrogens (tertiary/aromatic N) is 5. The summed E-state index contributed by atoms with van der Waals surface area (Å²) in [7, 11) is 3.60. The molecule has 0 saturated carbocycles. The van der Waals surface area contributed by atoms with Crippen LogP contribution in [0.25, 0.3) is 0 Å². The first kappa shape index (κ1) is 19.3. The zero-order valence-electron chi connectivity index (χ0n) is 13.3. The van der Waals surface area contributed by atoms with Crippen molar-refractivity contribution in [1.82, 2.24) is 9.36 Å². The third kappa shape index (κ3) is 4.15. The zero-order valence-corrected chi connectivity index (χ0v) is 13.3. The van der Waals surface area contributed by atoms with E-state index in [0.29, 0.717) is 12.1 Å². The second-order valence-corrected chi connectivity index (χ2v) is 4.78. The molecular formula is C12H13N5O8. The summed E-state index contributed by atoms with van der Waals surface area (Å²) < 4.78 is 3.37. The number of rotatable bonds is 3. The Kier molecular flexibility index (Phi) is 5.55. The number of aromatic nitrogens is 2. The standard InChI is InChI=1S/C6H3N3O7.C6H10N2O/c10-6-4(8(13)14)1-3(7(11)12)2-5(6)9(15)16;1-5-4-6(9)8(3)7(5)2/h1-2,10H;4H,1-3H3. The van der Waals surface area contributed by atoms with Crippen molar-refractivity contribution in [3.8, 4) is 5.75 Å². The van der Waals surface area contributed by atoms with Crippen molar-refractivity contribution in [1.29, 1.82) is 0 Å². The third-order valence-corrected chi connectivity index (χ3v) is 3.27. The molecule has 1 aromatic heterocycles. The second kappa shape index (κ2) is 7.20. The van der Waals surface area contributed by atoms with Crippen LogP contribution in [0.1, 0.15) is 5.69 Å². The van der Waals surface area contributed by atoms with Gasteiger partial charge in [-0.05, 0) is 6.92 Å². The van der Waals surface area contributed by atoms with Crippen LogP contribution in [0.15, 0.2) is 23.0 Å². The highest BCUT2D eigenvalue weighted by molar-refractivity contribution is 5.64. The number of non-ortho nitro benzene ring substituents is 1. The smallest absolute Gasteiger partial charge is 0.324 e. The molecule has 0 radical (unpaired) electrons. The van der Waals surface area contributed by atoms with Gasteiger partial charge in [-0.1, -0.05) is 0 Å². The Morgan fingerprint density at radius 2 is 1.32 bits per heavy atom. The number of aromatic hydroxyl groups is 1. The monoisotopic (exact) mass is 355 g/mol. The van der Waals surface area contributed by atoms with Crippen molar-refractivity contribution in [2.75, 3.05) is 0 Å². The van der Waals surface area contributed by atoms with Gasteiger partial charge in [0.2, 0.25) is 0 Å². The van der Waals surface area contributed by atoms with E-state index < -0.39 is 37.6 Å². The van der Waals surface area contributed by atoms with Crippen LogP contribution in [0.5, 0.6) is 5.75 Å². The van der Waals surface area contributed by atoms with E-state index in [1.165, 1.54) is 0 Å². The normalized spacial score (nSPS) is 9.88. The third-order valence-electron chi connectivity index (χ3n) is 3.27. The number of phenols is 1. The predicted octanol–water partition coefficient (Wildman–Crippen LogP) is 1.15. The predicted molar refractivity (Wildman–Crippen MR) is 83.5 cm³/mol. The molecule has 2 rings (SSSR count). The van der Waals surface area contributed by atoms with Gasteiger partial charge in [-0.15, -0.1) is 0 Å². The Balaban J connectivity index is 0.000000293. The number of hydrogen-bond donors (Lipinski definition) is 1. The van der Waals surface area contributed by atoms with Gasteiger partial charge in [0, 0.05) is 25.9 Å². The van der Waals surface area contributed by atoms with Crippen molar-refractivity contribution in [2.45, 2.75) is 6.92 Å². The lowest BCUT2D eigenvalue weighted by atomic mass is 10.2. The maximum absolute atomic E-state index is 10.8. The average molecular weight is 355 g/mol. The van der Waals surface area contributed by atoms with E-state index in [2.05, 4.69) is 0 Å². The van der Waals surface area contributed by atoms with Crippen molar-refractivity contribution in [3.63, 3.8) is 0 Å². The average Bonchev–Trinajstić information content (AvgIpc) is 2.73. The van der Waals surface area contributed by atoms with E-state index in [-0.39, 0.29) is 5.56 Å². The number of phenolic OH excluding ortho intramolecular Hbond substituents is 1. The molecule has 2 aromatic rings. The molecule has 0 spiro atoms. The van der Waals surface area contributed by atoms with Gasteiger partial charge in [-0.2, -0.15) is 0 Å². The number of hydrogen-bond acceptors (Lipinski definition) is 8. The number of benzene rings is 1. The van der Waals surface area contributed by atoms with Crippen molar-refractivity contribution in [3.05, 3.63) is 64.6 Å². The molecule has 13 nitrogen and oxygen atoms in total. The lowest BCUT2D eigenvalue weighted by molar-refractivity contribution is -0.404. The summed E-state index contributed by atoms with van der Waals surface area (Å²) in [5.41, 5.74) is -1.96. The maximum atomic E-state index is 10.8. The summed E-state index contributed by atoms with van der Waals surface area (Å²) >= 11 is 0. The highest BCUT2D eigenvalue weighted by atomic mass is 16.6. The minimum atomic E-state index is -1.21. The molecule has 0 unspecified atom stereocenters. The minimum absolute atomic E-state index is 0.0509. The Bertz CT molecular complexity index is 878. The largest absolute Gasteiger partial charge is 0.497 e. The van der Waals surface area contributed by atoms with Crippen LogP contribution in [0.3, 0.4) is 0 Å². The van der Waals surface area contributed by atoms with Crippen molar-refractivity contribution >= 4 is 17.1 Å². The molecule has 1 aromatic carbocycles. The Hall–Kier alpha value is -3.77. The lowest BCUT2D eigenvalue weighted by Gasteiger charge is -1.99. The number of nitro benzene ring substituents is 3. The number of nitro groups is 3. The van der Waals surface area contributed by atoms with Gasteiger partial charge >= 0.3 is 11.4 Å². The van der Waals surface area contributed by atoms with Gasteiger partial charge in [-0.3, -0.25) is 44.5 Å². The van der Waals surface area contributed by atoms with Gasteiger partial charge in [-0.25, -0.2) is 0 Å². The van der Waals surface area contributed by atoms with E-state index >= 15 is 0 Å². The molecule has 0 amide bonds. The number of aryl methyl sites for hydroxylation is 1. The molecule has 0 aliphatic rings. The molecule has 25 heavy (non-hydrogen) atoms. The van der Waals surface area contributed by atoms with Crippen LogP contribution < -0.4 is 5.56 Å². The summed E-state index contributed by atoms with van der Waals surface area (Å²) in [6.07, 6.45) is 0. The summed E-state index contributed by atoms with van der Waals surface area (Å²) in [5, 5.41) is 40.2. The first-order valence-electron chi connectivity index (χ1n) is 6.47. The summed E-state index contributed by atoms with van der Waals surface area (Å²) in [5.74, 6) is -1.21. The zero-order chi connectivity index (χ0) is 19.5. The first-order valence-corrected chi connectivity index (χ1v) is 6.47. The molecule has 0 saturated heterocycles. The fourth-order valence-corrected chi connectivity index (χ4v) is 1.72. The molecule has 0 bridgehead atoms. The second-order valence-electron chi connectivity index (χ2n) is 4.78. The van der Waals surface area contributed by atoms with Gasteiger partial charge < -0.3 is 5.11 Å². The molecule has 1 heterocycles. The summed E-state index contributed by atoms with van der Waals surface area (Å²) in [4.78, 5) is 38.6. The van der Waals surface area contributed by atoms with E-state index in [4.69, 9.17) is 5.11 Å². The van der Waals surface area contributed by atoms with Gasteiger partial charge in [0.25, 0.3) is 17.0 Å². The van der Waals surface area contributed by atoms with Gasteiger partial charge in [0.05, 0.1) is 26.9 Å². The fraction of sp³-hybridized carbons (Fsp3) is 0.250. The minimum Gasteiger partial charge on any atom is -0.497 e. The maximum Gasteiger partial charge on any atom is 0.324 e. The van der Waals surface area contributed by atoms with Crippen LogP contribution >= 0.6 is 0 Å². The first-order chi connectivity index (χ1) is 11.5. The SMILES string of the molecule is Cc1cc(=O)n(C)n1C.O=[N+]([O-])c1cc([N+](=O)[O-])c(O)c([N+](=O)[O-])c1. The highest BCUT2D eigenvalue weighted by Gasteiger charge is 2.30. The topological polar surface area (TPSA) is 177 Å². The molecule has 0 fully saturated rings. The van der Waals surface area contributed by atoms with E-state index in [0.717, 1.165) is 5.69 Å². The molecule has 13 heteroatoms. The molecule has 0 atom stereocenters. The van der Waals surface area contributed by atoms with Crippen LogP contribution in [-0.4, -0.2) is 29.2 Å². The van der Waals surface area contributed by atoms with Gasteiger partial charge in [0.15, 0.2) is 0 Å². The lowest BCUT2D eigenvalue weighted by Crippen LogP contribution is -2.16. The van der Waals surface area contributed by atoms with E-state index in [1.54, 1.807) is 17.8 Å². The van der Waals surface area contributed by atoms with Crippen LogP contribution in [0, 0.1) is 37.3 Å². The highest BCUT2D eigenvalue weighted by Crippen LogP contribution is 2.38. The molecular weight excluding hydrogens is 342 g/mol. The quantitative estimate of drug-likeness (QED) is 0.629. The molecule has 0 aliphatic carbocycles. The van der Waals surface area contributed by atoms with Crippen LogP contribution in [0.4, 0.5) is 17.1 Å². The van der Waals surface area contributed by atoms with Crippen LogP contribution in [0.2, 0.25) is 0 Å². The Morgan fingerprint density at radius 1 is 0.880 bits per heavy atom. The Labute approximate surface area is 138 Å². The molecule has 134 valence electrons. The van der Waals surface area contributed by atoms with Crippen molar-refractivity contribution < 1.29 is 19.9 Å². The summed E-state index contributed by atoms with van der Waals surface area (Å²) in [6.45, 7) is 1.90. The van der Waals surface area contributed by atoms with Crippen molar-refractivity contribution in [2.24, 2.45) is 14.1 Å².